The predicted octanol–water partition coefficient (Wildman–Crippen LogP) is 2.95. The lowest BCUT2D eigenvalue weighted by Gasteiger charge is -2.22. The molecule has 0 aliphatic carbocycles. The number of rotatable bonds is 8. The van der Waals surface area contributed by atoms with Gasteiger partial charge in [0.2, 0.25) is 0 Å². The van der Waals surface area contributed by atoms with E-state index in [4.69, 9.17) is 9.47 Å². The van der Waals surface area contributed by atoms with E-state index in [1.165, 1.54) is 5.56 Å². The van der Waals surface area contributed by atoms with Crippen molar-refractivity contribution in [2.45, 2.75) is 44.9 Å². The average Bonchev–Trinajstić information content (AvgIpc) is 3.12. The van der Waals surface area contributed by atoms with Gasteiger partial charge in [-0.3, -0.25) is 0 Å². The van der Waals surface area contributed by atoms with E-state index in [1.807, 2.05) is 35.3 Å². The minimum atomic E-state index is -1.13. The van der Waals surface area contributed by atoms with Crippen LogP contribution in [-0.4, -0.2) is 59.2 Å². The second-order valence-corrected chi connectivity index (χ2v) is 9.02. The Hall–Kier alpha value is -3.14. The number of carbonyl (C=O) groups excluding carboxylic acids is 1. The summed E-state index contributed by atoms with van der Waals surface area (Å²) in [6.45, 7) is 6.29. The molecule has 178 valence electrons. The second-order valence-electron chi connectivity index (χ2n) is 9.02. The van der Waals surface area contributed by atoms with Gasteiger partial charge in [0, 0.05) is 20.0 Å². The van der Waals surface area contributed by atoms with Crippen molar-refractivity contribution in [3.8, 4) is 5.75 Å². The molecular weight excluding hydrogens is 424 g/mol. The van der Waals surface area contributed by atoms with E-state index >= 15 is 0 Å². The highest BCUT2D eigenvalue weighted by atomic mass is 16.6. The van der Waals surface area contributed by atoms with Crippen LogP contribution in [0.1, 0.15) is 37.9 Å². The lowest BCUT2D eigenvalue weighted by molar-refractivity contribution is -0.139. The average molecular weight is 457 g/mol. The van der Waals surface area contributed by atoms with Gasteiger partial charge in [-0.25, -0.2) is 14.6 Å². The van der Waals surface area contributed by atoms with E-state index in [-0.39, 0.29) is 12.5 Å². The maximum Gasteiger partial charge on any atom is 0.408 e. The molecule has 1 saturated heterocycles. The number of benzene rings is 2. The summed E-state index contributed by atoms with van der Waals surface area (Å²) in [7, 11) is 2.00. The van der Waals surface area contributed by atoms with Gasteiger partial charge in [0.1, 0.15) is 17.4 Å². The fourth-order valence-electron chi connectivity index (χ4n) is 3.51. The Labute approximate surface area is 194 Å². The number of amides is 1. The van der Waals surface area contributed by atoms with Crippen molar-refractivity contribution in [2.75, 3.05) is 20.3 Å². The summed E-state index contributed by atoms with van der Waals surface area (Å²) in [5.41, 5.74) is 4.57. The highest BCUT2D eigenvalue weighted by Crippen LogP contribution is 2.23. The topological polar surface area (TPSA) is 103 Å². The normalized spacial score (nSPS) is 18.0. The molecule has 0 saturated carbocycles. The van der Waals surface area contributed by atoms with E-state index in [1.54, 1.807) is 45.0 Å². The number of hydrogen-bond acceptors (Lipinski definition) is 7. The van der Waals surface area contributed by atoms with Crippen LogP contribution in [0.3, 0.4) is 0 Å². The molecule has 2 aromatic carbocycles. The van der Waals surface area contributed by atoms with Crippen molar-refractivity contribution in [1.82, 2.24) is 20.9 Å². The summed E-state index contributed by atoms with van der Waals surface area (Å²) in [6, 6.07) is 16.6. The molecule has 0 aromatic heterocycles. The van der Waals surface area contributed by atoms with Crippen LogP contribution in [0.2, 0.25) is 0 Å². The van der Waals surface area contributed by atoms with Crippen LogP contribution in [0.15, 0.2) is 54.6 Å². The molecule has 0 spiro atoms. The third-order valence-corrected chi connectivity index (χ3v) is 5.08. The lowest BCUT2D eigenvalue weighted by Crippen LogP contribution is -2.44. The number of carboxylic acids is 1. The van der Waals surface area contributed by atoms with Gasteiger partial charge >= 0.3 is 12.1 Å². The first kappa shape index (κ1) is 24.5. The van der Waals surface area contributed by atoms with Gasteiger partial charge in [-0.2, -0.15) is 10.5 Å². The zero-order chi connectivity index (χ0) is 24.0. The molecular formula is C24H32N4O5. The Bertz CT molecular complexity index is 930. The van der Waals surface area contributed by atoms with Crippen LogP contribution < -0.4 is 15.6 Å². The van der Waals surface area contributed by atoms with Crippen LogP contribution in [0.4, 0.5) is 4.79 Å². The molecule has 2 atom stereocenters. The van der Waals surface area contributed by atoms with Crippen molar-refractivity contribution >= 4 is 12.1 Å². The zero-order valence-electron chi connectivity index (χ0n) is 19.4. The second kappa shape index (κ2) is 10.7. The Morgan fingerprint density at radius 2 is 1.82 bits per heavy atom. The number of carboxylic acid groups (broad SMARTS) is 1. The summed E-state index contributed by atoms with van der Waals surface area (Å²) in [4.78, 5) is 23.5. The largest absolute Gasteiger partial charge is 0.480 e. The van der Waals surface area contributed by atoms with Crippen molar-refractivity contribution in [2.24, 2.45) is 0 Å². The molecule has 9 heteroatoms. The third-order valence-electron chi connectivity index (χ3n) is 5.08. The maximum atomic E-state index is 11.9. The molecule has 3 N–H and O–H groups in total. The first-order valence-corrected chi connectivity index (χ1v) is 10.8. The van der Waals surface area contributed by atoms with Crippen LogP contribution in [-0.2, 0) is 16.0 Å². The summed E-state index contributed by atoms with van der Waals surface area (Å²) >= 11 is 0. The first-order valence-electron chi connectivity index (χ1n) is 10.8. The number of nitrogens with one attached hydrogen (secondary N) is 2. The van der Waals surface area contributed by atoms with Crippen molar-refractivity contribution in [1.29, 1.82) is 0 Å². The number of alkyl carbamates (subject to hydrolysis) is 1. The van der Waals surface area contributed by atoms with E-state index < -0.39 is 23.7 Å². The molecule has 1 amide bonds. The van der Waals surface area contributed by atoms with Gasteiger partial charge < -0.3 is 19.9 Å². The van der Waals surface area contributed by atoms with Gasteiger partial charge in [0.05, 0.1) is 6.04 Å². The molecule has 0 radical (unpaired) electrons. The van der Waals surface area contributed by atoms with E-state index in [0.717, 1.165) is 12.1 Å². The van der Waals surface area contributed by atoms with Gasteiger partial charge in [-0.05, 0) is 44.0 Å². The summed E-state index contributed by atoms with van der Waals surface area (Å²) < 4.78 is 11.0. The van der Waals surface area contributed by atoms with Crippen LogP contribution in [0, 0.1) is 0 Å². The Morgan fingerprint density at radius 1 is 1.15 bits per heavy atom. The number of hydrogen-bond donors (Lipinski definition) is 3. The van der Waals surface area contributed by atoms with Crippen LogP contribution >= 0.6 is 0 Å². The van der Waals surface area contributed by atoms with Gasteiger partial charge in [-0.1, -0.05) is 42.5 Å². The number of hydrazine groups is 2. The van der Waals surface area contributed by atoms with Crippen molar-refractivity contribution < 1.29 is 24.2 Å². The number of ether oxygens (including phenoxy) is 2. The van der Waals surface area contributed by atoms with Gasteiger partial charge in [0.15, 0.2) is 6.73 Å². The smallest absolute Gasteiger partial charge is 0.408 e. The molecule has 1 aliphatic heterocycles. The quantitative estimate of drug-likeness (QED) is 0.557. The molecule has 3 rings (SSSR count). The highest BCUT2D eigenvalue weighted by Gasteiger charge is 2.29. The number of carbonyl (C=O) groups is 2. The maximum absolute atomic E-state index is 11.9. The summed E-state index contributed by atoms with van der Waals surface area (Å²) in [5, 5.41) is 15.9. The fourth-order valence-corrected chi connectivity index (χ4v) is 3.51. The van der Waals surface area contributed by atoms with Crippen LogP contribution in [0.25, 0.3) is 0 Å². The van der Waals surface area contributed by atoms with Gasteiger partial charge in [0.25, 0.3) is 0 Å². The van der Waals surface area contributed by atoms with Crippen molar-refractivity contribution in [3.05, 3.63) is 65.7 Å². The molecule has 1 unspecified atom stereocenters. The van der Waals surface area contributed by atoms with E-state index in [2.05, 4.69) is 23.0 Å². The molecule has 2 aromatic rings. The minimum Gasteiger partial charge on any atom is -0.480 e. The fraction of sp³-hybridized carbons (Fsp3) is 0.417. The van der Waals surface area contributed by atoms with Crippen LogP contribution in [0.5, 0.6) is 5.75 Å². The lowest BCUT2D eigenvalue weighted by atomic mass is 10.1. The first-order chi connectivity index (χ1) is 15.6. The van der Waals surface area contributed by atoms with Crippen molar-refractivity contribution in [3.63, 3.8) is 0 Å². The number of likely N-dealkylation sites (N-methyl/N-ethyl adjacent to an activating group) is 1. The molecule has 1 fully saturated rings. The molecule has 1 heterocycles. The monoisotopic (exact) mass is 456 g/mol. The SMILES string of the molecule is CN1NN(COc2ccc(C[C@H](NC(=O)OC(C)(C)C)C(=O)O)cc2)CC1c1ccccc1. The number of nitrogens with zero attached hydrogens (tertiary/aromatic N) is 2. The van der Waals surface area contributed by atoms with E-state index in [9.17, 15) is 14.7 Å². The summed E-state index contributed by atoms with van der Waals surface area (Å²) in [5.74, 6) is -0.461. The molecule has 0 bridgehead atoms. The highest BCUT2D eigenvalue weighted by molar-refractivity contribution is 5.80. The summed E-state index contributed by atoms with van der Waals surface area (Å²) in [6.07, 6.45) is -0.627. The number of aliphatic carboxylic acids is 1. The van der Waals surface area contributed by atoms with Gasteiger partial charge in [-0.15, -0.1) is 0 Å². The Morgan fingerprint density at radius 3 is 2.42 bits per heavy atom. The predicted molar refractivity (Wildman–Crippen MR) is 123 cm³/mol. The van der Waals surface area contributed by atoms with E-state index in [0.29, 0.717) is 12.5 Å². The zero-order valence-corrected chi connectivity index (χ0v) is 19.4. The molecule has 9 nitrogen and oxygen atoms in total. The molecule has 1 aliphatic rings. The standard InChI is InChI=1S/C24H32N4O5/c1-24(2,3)33-23(31)25-20(22(29)30)14-17-10-12-19(13-11-17)32-16-28-15-21(27(4)26-28)18-8-6-5-7-9-18/h5-13,20-21,26H,14-16H2,1-4H3,(H,25,31)(H,29,30)/t20-,21?/m0/s1. The molecule has 33 heavy (non-hydrogen) atoms. The third kappa shape index (κ3) is 7.45. The minimum absolute atomic E-state index is 0.131. The Balaban J connectivity index is 1.50. The Kier molecular flexibility index (Phi) is 7.91.